The van der Waals surface area contributed by atoms with E-state index in [0.29, 0.717) is 58.8 Å². The van der Waals surface area contributed by atoms with Crippen LogP contribution in [-0.4, -0.2) is 120 Å². The van der Waals surface area contributed by atoms with E-state index in [1.807, 2.05) is 75.2 Å². The number of halogens is 5. The molecule has 12 aromatic rings. The molecule has 0 atom stereocenters. The molecule has 0 aliphatic heterocycles. The molecule has 0 unspecified atom stereocenters. The number of hydrogen-bond donors (Lipinski definition) is 5. The van der Waals surface area contributed by atoms with Crippen molar-refractivity contribution in [1.29, 1.82) is 0 Å². The molecule has 0 amide bonds. The number of H-pyrrole nitrogens is 1. The third-order valence-electron chi connectivity index (χ3n) is 13.5. The van der Waals surface area contributed by atoms with E-state index in [1.165, 1.54) is 29.1 Å². The number of aromatic nitrogens is 15. The Morgan fingerprint density at radius 2 is 1.04 bits per heavy atom. The van der Waals surface area contributed by atoms with Gasteiger partial charge in [-0.15, -0.1) is 59.7 Å². The fourth-order valence-electron chi connectivity index (χ4n) is 9.72. The van der Waals surface area contributed by atoms with Gasteiger partial charge in [-0.3, -0.25) is 0 Å². The van der Waals surface area contributed by atoms with E-state index in [4.69, 9.17) is 51.3 Å². The quantitative estimate of drug-likeness (QED) is 0.0697. The van der Waals surface area contributed by atoms with Gasteiger partial charge in [-0.1, -0.05) is 30.7 Å². The molecule has 25 nitrogen and oxygen atoms in total. The number of aryl methyl sites for hydroxylation is 2. The minimum Gasteiger partial charge on any atom is -0.524 e. The van der Waals surface area contributed by atoms with Crippen molar-refractivity contribution in [2.75, 3.05) is 24.3 Å². The van der Waals surface area contributed by atoms with Crippen LogP contribution in [0.3, 0.4) is 0 Å². The summed E-state index contributed by atoms with van der Waals surface area (Å²) in [4.78, 5) is 54.2. The van der Waals surface area contributed by atoms with Crippen LogP contribution in [0.15, 0.2) is 91.8 Å². The first-order valence-corrected chi connectivity index (χ1v) is 32.7. The number of nitrogen functional groups attached to an aromatic ring is 3. The lowest BCUT2D eigenvalue weighted by atomic mass is 10.1. The lowest BCUT2D eigenvalue weighted by Gasteiger charge is -2.20. The van der Waals surface area contributed by atoms with Crippen molar-refractivity contribution < 1.29 is 33.5 Å². The van der Waals surface area contributed by atoms with Crippen molar-refractivity contribution >= 4 is 189 Å². The molecule has 32 heteroatoms. The predicted molar refractivity (Wildman–Crippen MR) is 398 cm³/mol. The Labute approximate surface area is 589 Å². The molecule has 497 valence electrons. The second-order valence-electron chi connectivity index (χ2n) is 23.9. The molecule has 8 N–H and O–H groups in total. The maximum absolute atomic E-state index is 13.2. The second-order valence-corrected chi connectivity index (χ2v) is 31.3. The fourth-order valence-corrected chi connectivity index (χ4v) is 10.5. The van der Waals surface area contributed by atoms with Gasteiger partial charge in [0.05, 0.1) is 45.7 Å². The number of carbonyl (C=O) groups is 2. The van der Waals surface area contributed by atoms with Crippen LogP contribution in [0.2, 0.25) is 0 Å². The van der Waals surface area contributed by atoms with Crippen LogP contribution in [0.25, 0.3) is 88.6 Å². The zero-order chi connectivity index (χ0) is 67.4. The number of methoxy groups -OCH3 is 1. The molecule has 0 aliphatic carbocycles. The summed E-state index contributed by atoms with van der Waals surface area (Å²) in [5, 5.41) is 27.8. The molecular weight excluding hydrogens is 1530 g/mol. The molecule has 1 radical (unpaired) electrons. The number of carbonyl (C=O) groups excluding carboxylic acids is 2. The molecule has 0 spiro atoms. The molecule has 9 aromatic heterocycles. The van der Waals surface area contributed by atoms with Gasteiger partial charge in [-0.25, -0.2) is 62.7 Å². The van der Waals surface area contributed by atoms with Crippen molar-refractivity contribution in [2.24, 2.45) is 0 Å². The standard InChI is InChI=1S/C22H26N6O2.C17H18N6.C14H17BNO5.C8H10IN5.CH4.BBr3.ClH/c1-12(2)28-20-17(19(23)24-11-25-20)18(26-28)16-10-14-9-13(3)7-8-15(14)27(16)21(29)30-22(4,5)6;1-9(2)23-17-14(16(18)19-8-20-17)15(22-23)13-7-11-6-10(3)4-5-12(11)21-13;1-14(2,3)20-13(17)16-11-6-5-10(19-4)7-9(11)8-12(16)21-15-18;1-4(2)14-8-5(6(9)13-14)7(10)11-3-12-8;;2-1(3)4;/h7-12H,1-6H3,(H2,23,24,25);4-9,21H,1-3H3,(H2,18,19,20);5-8,18H,1-4H3;3-4H,1-2H3,(H2,10,11,12);1H4;;1H. The van der Waals surface area contributed by atoms with E-state index in [2.05, 4.69) is 169 Å². The van der Waals surface area contributed by atoms with Crippen LogP contribution < -0.4 is 26.6 Å². The van der Waals surface area contributed by atoms with E-state index in [-0.39, 0.29) is 47.0 Å². The summed E-state index contributed by atoms with van der Waals surface area (Å²) >= 11 is 11.5. The average molecular weight is 1610 g/mol. The molecular formula is C62H76B2Br3ClIN18O7. The van der Waals surface area contributed by atoms with Crippen LogP contribution >= 0.6 is 82.3 Å². The Morgan fingerprint density at radius 1 is 0.606 bits per heavy atom. The van der Waals surface area contributed by atoms with Gasteiger partial charge in [-0.05, 0) is 174 Å². The topological polar surface area (TPSA) is 326 Å². The summed E-state index contributed by atoms with van der Waals surface area (Å²) in [6, 6.07) is 23.6. The first-order chi connectivity index (χ1) is 43.3. The van der Waals surface area contributed by atoms with E-state index < -0.39 is 23.4 Å². The normalized spacial score (nSPS) is 11.3. The minimum atomic E-state index is -0.642. The largest absolute Gasteiger partial charge is 0.570 e. The smallest absolute Gasteiger partial charge is 0.524 e. The molecule has 0 aliphatic rings. The number of ether oxygens (including phenoxy) is 3. The Kier molecular flexibility index (Phi) is 25.1. The van der Waals surface area contributed by atoms with E-state index in [9.17, 15) is 9.59 Å². The SMILES string of the molecule is BrB(Br)Br.C.CC(C)n1nc(I)c2c(N)ncnc21.COc1ccc2c(c1)cc(O[B]O)n2C(=O)OC(C)(C)C.Cc1ccc2[nH]c(-c3nn(C(C)C)c4ncnc(N)c34)cc2c1.Cc1ccc2c(c1)cc(-c1nn(C(C)C)c3ncnc(N)c13)n2C(=O)OC(C)(C)C.Cl. The highest BCUT2D eigenvalue weighted by molar-refractivity contribution is 14.1. The number of benzene rings is 3. The minimum absolute atomic E-state index is 0. The highest BCUT2D eigenvalue weighted by Crippen LogP contribution is 2.38. The Morgan fingerprint density at radius 3 is 1.55 bits per heavy atom. The zero-order valence-electron chi connectivity index (χ0n) is 53.9. The van der Waals surface area contributed by atoms with Crippen LogP contribution in [-0.2, 0) is 9.47 Å². The number of hydrogen-bond acceptors (Lipinski definition) is 19. The van der Waals surface area contributed by atoms with Crippen LogP contribution in [0.5, 0.6) is 11.6 Å². The monoisotopic (exact) mass is 1610 g/mol. The molecule has 0 saturated heterocycles. The summed E-state index contributed by atoms with van der Waals surface area (Å²) in [5.41, 5.74) is 26.6. The average Bonchev–Trinajstić information content (AvgIpc) is 1.60. The first-order valence-electron chi connectivity index (χ1n) is 28.9. The number of nitrogens with zero attached hydrogens (tertiary/aromatic N) is 14. The maximum Gasteiger partial charge on any atom is 0.570 e. The highest BCUT2D eigenvalue weighted by atomic mass is 127. The summed E-state index contributed by atoms with van der Waals surface area (Å²) in [5.74, 6) is 2.08. The van der Waals surface area contributed by atoms with Gasteiger partial charge in [0.15, 0.2) is 22.8 Å². The summed E-state index contributed by atoms with van der Waals surface area (Å²) < 4.78 is 30.7. The Bertz CT molecular complexity index is 4650. The number of aromatic amines is 1. The van der Waals surface area contributed by atoms with Gasteiger partial charge in [0, 0.05) is 45.9 Å². The predicted octanol–water partition coefficient (Wildman–Crippen LogP) is 15.3. The van der Waals surface area contributed by atoms with Gasteiger partial charge < -0.3 is 46.1 Å². The number of rotatable bonds is 8. The molecule has 94 heavy (non-hydrogen) atoms. The molecule has 12 rings (SSSR count). The van der Waals surface area contributed by atoms with Gasteiger partial charge in [0.1, 0.15) is 68.5 Å². The fraction of sp³-hybridized carbons (Fsp3) is 0.339. The molecule has 0 bridgehead atoms. The van der Waals surface area contributed by atoms with E-state index in [1.54, 1.807) is 61.4 Å². The van der Waals surface area contributed by atoms with Crippen LogP contribution in [0, 0.1) is 17.5 Å². The summed E-state index contributed by atoms with van der Waals surface area (Å²) in [7, 11) is 2.08. The Balaban J connectivity index is 0.000000199. The molecule has 9 heterocycles. The van der Waals surface area contributed by atoms with E-state index >= 15 is 0 Å². The molecule has 0 fully saturated rings. The number of anilines is 3. The molecule has 3 aromatic carbocycles. The maximum atomic E-state index is 13.2. The van der Waals surface area contributed by atoms with Gasteiger partial charge in [-0.2, -0.15) is 15.3 Å². The van der Waals surface area contributed by atoms with E-state index in [0.717, 1.165) is 69.9 Å². The number of nitrogens with one attached hydrogen (secondary N) is 1. The van der Waals surface area contributed by atoms with Crippen LogP contribution in [0.1, 0.15) is 120 Å². The van der Waals surface area contributed by atoms with Gasteiger partial charge >= 0.3 is 23.1 Å². The third-order valence-corrected chi connectivity index (χ3v) is 14.3. The first kappa shape index (κ1) is 75.4. The van der Waals surface area contributed by atoms with Crippen molar-refractivity contribution in [3.63, 3.8) is 0 Å². The number of fused-ring (bicyclic) bond motifs is 6. The van der Waals surface area contributed by atoms with Gasteiger partial charge in [0.25, 0.3) is 0 Å². The zero-order valence-corrected chi connectivity index (χ0v) is 61.6. The van der Waals surface area contributed by atoms with Crippen molar-refractivity contribution in [3.8, 4) is 34.4 Å². The lowest BCUT2D eigenvalue weighted by molar-refractivity contribution is 0.0529. The van der Waals surface area contributed by atoms with Crippen molar-refractivity contribution in [3.05, 3.63) is 107 Å². The lowest BCUT2D eigenvalue weighted by Crippen LogP contribution is -2.27. The Hall–Kier alpha value is -7.58. The number of nitrogens with two attached hydrogens (primary N) is 3. The van der Waals surface area contributed by atoms with Crippen molar-refractivity contribution in [1.82, 2.24) is 73.4 Å². The summed E-state index contributed by atoms with van der Waals surface area (Å²) in [6.45, 7) is 27.2. The van der Waals surface area contributed by atoms with Gasteiger partial charge in [0.2, 0.25) is 0 Å². The summed E-state index contributed by atoms with van der Waals surface area (Å²) in [6.07, 6.45) is 3.32. The third kappa shape index (κ3) is 17.3. The second kappa shape index (κ2) is 31.3. The van der Waals surface area contributed by atoms with Crippen molar-refractivity contribution in [2.45, 2.75) is 134 Å². The highest BCUT2D eigenvalue weighted by Gasteiger charge is 2.29. The van der Waals surface area contributed by atoms with Crippen LogP contribution in [0.4, 0.5) is 27.0 Å². The molecule has 0 saturated carbocycles.